The molecule has 0 saturated carbocycles. The first-order valence-electron chi connectivity index (χ1n) is 1.56. The maximum absolute atomic E-state index is 8.92. The van der Waals surface area contributed by atoms with Crippen LogP contribution in [0.4, 0.5) is 4.79 Å². The molecule has 0 bridgehead atoms. The number of carboxylic acid groups (broad SMARTS) is 1. The molecule has 4 nitrogen and oxygen atoms in total. The van der Waals surface area contributed by atoms with E-state index in [0.29, 0.717) is 6.29 Å². The first kappa shape index (κ1) is 10.4. The van der Waals surface area contributed by atoms with Crippen molar-refractivity contribution in [1.29, 1.82) is 0 Å². The van der Waals surface area contributed by atoms with E-state index in [4.69, 9.17) is 19.8 Å². The van der Waals surface area contributed by atoms with E-state index in [1.807, 2.05) is 0 Å². The van der Waals surface area contributed by atoms with Crippen molar-refractivity contribution in [2.75, 3.05) is 6.61 Å². The first-order valence-corrected chi connectivity index (χ1v) is 1.94. The SMILES string of the molecule is O=C([O-])Cl.O=CCO. The van der Waals surface area contributed by atoms with Crippen molar-refractivity contribution >= 4 is 23.3 Å². The lowest BCUT2D eigenvalue weighted by Crippen LogP contribution is -2.11. The van der Waals surface area contributed by atoms with Crippen molar-refractivity contribution in [2.45, 2.75) is 0 Å². The highest BCUT2D eigenvalue weighted by atomic mass is 35.5. The number of aliphatic hydroxyl groups excluding tert-OH is 1. The summed E-state index contributed by atoms with van der Waals surface area (Å²) in [4.78, 5) is 17.6. The average Bonchev–Trinajstić information content (AvgIpc) is 1.65. The quantitative estimate of drug-likeness (QED) is 0.364. The highest BCUT2D eigenvalue weighted by molar-refractivity contribution is 6.59. The van der Waals surface area contributed by atoms with E-state index >= 15 is 0 Å². The number of aldehydes is 1. The fourth-order valence-corrected chi connectivity index (χ4v) is 0. The summed E-state index contributed by atoms with van der Waals surface area (Å²) >= 11 is 4.08. The molecular weight excluding hydrogens is 135 g/mol. The highest BCUT2D eigenvalue weighted by Crippen LogP contribution is 1.60. The lowest BCUT2D eigenvalue weighted by atomic mass is 10.9. The van der Waals surface area contributed by atoms with E-state index in [1.165, 1.54) is 0 Å². The van der Waals surface area contributed by atoms with Gasteiger partial charge in [-0.1, -0.05) is 11.6 Å². The minimum absolute atomic E-state index is 0.361. The summed E-state index contributed by atoms with van der Waals surface area (Å²) in [5.74, 6) is 0. The monoisotopic (exact) mass is 139 g/mol. The summed E-state index contributed by atoms with van der Waals surface area (Å²) in [5, 5.41) is 16.2. The summed E-state index contributed by atoms with van der Waals surface area (Å²) in [6.45, 7) is -0.361. The van der Waals surface area contributed by atoms with Crippen molar-refractivity contribution in [1.82, 2.24) is 0 Å². The second-order valence-electron chi connectivity index (χ2n) is 0.587. The van der Waals surface area contributed by atoms with E-state index < -0.39 is 5.43 Å². The average molecular weight is 140 g/mol. The van der Waals surface area contributed by atoms with Gasteiger partial charge in [-0.3, -0.25) is 0 Å². The largest absolute Gasteiger partial charge is 0.534 e. The van der Waals surface area contributed by atoms with Gasteiger partial charge in [0.05, 0.1) is 6.61 Å². The van der Waals surface area contributed by atoms with Gasteiger partial charge in [-0.15, -0.1) is 0 Å². The second kappa shape index (κ2) is 9.63. The molecule has 0 unspecified atom stereocenters. The number of aliphatic hydroxyl groups is 1. The molecule has 48 valence electrons. The van der Waals surface area contributed by atoms with Crippen LogP contribution < -0.4 is 5.11 Å². The molecular formula is C3H4ClO4-. The normalized spacial score (nSPS) is 6.25. The van der Waals surface area contributed by atoms with Crippen LogP contribution in [0, 0.1) is 0 Å². The number of rotatable bonds is 1. The molecule has 0 aromatic heterocycles. The zero-order chi connectivity index (χ0) is 6.99. The van der Waals surface area contributed by atoms with Crippen LogP contribution in [-0.4, -0.2) is 23.4 Å². The third-order valence-electron chi connectivity index (χ3n) is 0.0745. The van der Waals surface area contributed by atoms with Gasteiger partial charge in [-0.2, -0.15) is 0 Å². The van der Waals surface area contributed by atoms with Gasteiger partial charge in [-0.25, -0.2) is 0 Å². The maximum atomic E-state index is 8.92. The third kappa shape index (κ3) is 683. The zero-order valence-corrected chi connectivity index (χ0v) is 4.59. The molecule has 0 radical (unpaired) electrons. The molecule has 0 aliphatic heterocycles. The Morgan fingerprint density at radius 1 is 1.88 bits per heavy atom. The summed E-state index contributed by atoms with van der Waals surface area (Å²) in [5.41, 5.74) is -1.61. The molecule has 1 N–H and O–H groups in total. The van der Waals surface area contributed by atoms with Gasteiger partial charge in [0, 0.05) is 0 Å². The molecule has 0 amide bonds. The molecule has 0 fully saturated rings. The van der Waals surface area contributed by atoms with Gasteiger partial charge in [0.15, 0.2) is 0 Å². The molecule has 0 aliphatic carbocycles. The summed E-state index contributed by atoms with van der Waals surface area (Å²) in [6.07, 6.45) is 0.431. The van der Waals surface area contributed by atoms with Gasteiger partial charge in [0.1, 0.15) is 11.7 Å². The number of carbonyl (C=O) groups is 2. The summed E-state index contributed by atoms with van der Waals surface area (Å²) < 4.78 is 0. The Bertz CT molecular complexity index is 67.7. The Morgan fingerprint density at radius 2 is 2.00 bits per heavy atom. The van der Waals surface area contributed by atoms with Gasteiger partial charge in [0.2, 0.25) is 0 Å². The molecule has 0 aliphatic rings. The molecule has 0 spiro atoms. The fourth-order valence-electron chi connectivity index (χ4n) is 0. The maximum Gasteiger partial charge on any atom is 0.145 e. The number of carbonyl (C=O) groups excluding carboxylic acids is 2. The van der Waals surface area contributed by atoms with Crippen LogP contribution >= 0.6 is 11.6 Å². The van der Waals surface area contributed by atoms with E-state index in [0.717, 1.165) is 0 Å². The Hall–Kier alpha value is -0.610. The van der Waals surface area contributed by atoms with Crippen LogP contribution in [0.25, 0.3) is 0 Å². The molecule has 0 heterocycles. The van der Waals surface area contributed by atoms with Gasteiger partial charge in [-0.05, 0) is 0 Å². The smallest absolute Gasteiger partial charge is 0.145 e. The Balaban J connectivity index is 0. The summed E-state index contributed by atoms with van der Waals surface area (Å²) in [6, 6.07) is 0. The van der Waals surface area contributed by atoms with Crippen LogP contribution in [0.2, 0.25) is 0 Å². The molecule has 0 aromatic rings. The van der Waals surface area contributed by atoms with E-state index in [9.17, 15) is 0 Å². The van der Waals surface area contributed by atoms with Crippen molar-refractivity contribution in [3.8, 4) is 0 Å². The number of hydrogen-bond acceptors (Lipinski definition) is 4. The van der Waals surface area contributed by atoms with Gasteiger partial charge in [0.25, 0.3) is 0 Å². The second-order valence-corrected chi connectivity index (χ2v) is 0.895. The topological polar surface area (TPSA) is 77.4 Å². The van der Waals surface area contributed by atoms with Crippen molar-refractivity contribution in [3.05, 3.63) is 0 Å². The van der Waals surface area contributed by atoms with E-state index in [-0.39, 0.29) is 6.61 Å². The van der Waals surface area contributed by atoms with E-state index in [1.54, 1.807) is 0 Å². The summed E-state index contributed by atoms with van der Waals surface area (Å²) in [7, 11) is 0. The predicted molar refractivity (Wildman–Crippen MR) is 24.4 cm³/mol. The van der Waals surface area contributed by atoms with Crippen LogP contribution in [0.3, 0.4) is 0 Å². The van der Waals surface area contributed by atoms with Crippen molar-refractivity contribution in [3.63, 3.8) is 0 Å². The first-order chi connectivity index (χ1) is 3.65. The van der Waals surface area contributed by atoms with Crippen LogP contribution in [-0.2, 0) is 4.79 Å². The van der Waals surface area contributed by atoms with E-state index in [2.05, 4.69) is 11.6 Å². The van der Waals surface area contributed by atoms with Crippen LogP contribution in [0.15, 0.2) is 0 Å². The molecule has 0 aromatic carbocycles. The highest BCUT2D eigenvalue weighted by Gasteiger charge is 1.53. The zero-order valence-electron chi connectivity index (χ0n) is 3.83. The lowest BCUT2D eigenvalue weighted by Gasteiger charge is -1.73. The molecule has 0 atom stereocenters. The molecule has 5 heteroatoms. The predicted octanol–water partition coefficient (Wildman–Crippen LogP) is -1.25. The number of hydrogen-bond donors (Lipinski definition) is 1. The third-order valence-corrected chi connectivity index (χ3v) is 0.0745. The van der Waals surface area contributed by atoms with Crippen molar-refractivity contribution in [2.24, 2.45) is 0 Å². The molecule has 8 heavy (non-hydrogen) atoms. The minimum atomic E-state index is -1.61. The fraction of sp³-hybridized carbons (Fsp3) is 0.333. The van der Waals surface area contributed by atoms with Crippen molar-refractivity contribution < 1.29 is 19.8 Å². The number of halogens is 1. The molecule has 0 saturated heterocycles. The van der Waals surface area contributed by atoms with Crippen LogP contribution in [0.1, 0.15) is 0 Å². The van der Waals surface area contributed by atoms with Gasteiger partial charge < -0.3 is 19.8 Å². The van der Waals surface area contributed by atoms with Gasteiger partial charge >= 0.3 is 0 Å². The lowest BCUT2D eigenvalue weighted by molar-refractivity contribution is -0.233. The Kier molecular flexibility index (Phi) is 12.5. The standard InChI is InChI=1S/C2H4O2.CHClO2/c3-1-2-4;2-1(3)4/h1,4H,2H2;(H,3,4)/p-1. The van der Waals surface area contributed by atoms with Crippen LogP contribution in [0.5, 0.6) is 0 Å². The molecule has 0 rings (SSSR count). The minimum Gasteiger partial charge on any atom is -0.534 e. The Morgan fingerprint density at radius 3 is 2.00 bits per heavy atom. The Labute approximate surface area is 50.7 Å².